The average Bonchev–Trinajstić information content (AvgIpc) is 3.36. The van der Waals surface area contributed by atoms with Gasteiger partial charge in [0.15, 0.2) is 0 Å². The van der Waals surface area contributed by atoms with Gasteiger partial charge in [0.2, 0.25) is 65.0 Å². The predicted molar refractivity (Wildman–Crippen MR) is 262 cm³/mol. The van der Waals surface area contributed by atoms with Gasteiger partial charge in [-0.25, -0.2) is 0 Å². The molecule has 11 amide bonds. The highest BCUT2D eigenvalue weighted by atomic mass is 16.4. The average molecular weight is 1070 g/mol. The van der Waals surface area contributed by atoms with Gasteiger partial charge >= 0.3 is 5.97 Å². The fourth-order valence-electron chi connectivity index (χ4n) is 6.66. The van der Waals surface area contributed by atoms with Gasteiger partial charge in [-0.3, -0.25) is 57.5 Å². The van der Waals surface area contributed by atoms with E-state index in [4.69, 9.17) is 28.0 Å². The van der Waals surface area contributed by atoms with Crippen molar-refractivity contribution in [3.63, 3.8) is 0 Å². The van der Waals surface area contributed by atoms with Crippen LogP contribution in [0.5, 0.6) is 5.75 Å². The molecule has 22 N–H and O–H groups in total. The van der Waals surface area contributed by atoms with Crippen molar-refractivity contribution in [3.8, 4) is 5.75 Å². The zero-order chi connectivity index (χ0) is 56.9. The van der Waals surface area contributed by atoms with Crippen molar-refractivity contribution in [3.05, 3.63) is 29.8 Å². The highest BCUT2D eigenvalue weighted by molar-refractivity contribution is 5.98. The molecule has 0 unspecified atom stereocenters. The van der Waals surface area contributed by atoms with Gasteiger partial charge in [0, 0.05) is 12.8 Å². The Morgan fingerprint density at radius 2 is 0.960 bits per heavy atom. The number of nitrogens with two attached hydrogens (primary N) is 4. The van der Waals surface area contributed by atoms with Gasteiger partial charge in [-0.05, 0) is 75.6 Å². The first-order chi connectivity index (χ1) is 35.3. The molecule has 0 spiro atoms. The molecule has 0 radical (unpaired) electrons. The molecule has 75 heavy (non-hydrogen) atoms. The van der Waals surface area contributed by atoms with Crippen molar-refractivity contribution in [1.82, 2.24) is 47.9 Å². The molecule has 1 aromatic carbocycles. The minimum Gasteiger partial charge on any atom is -0.508 e. The quantitative estimate of drug-likeness (QED) is 0.0278. The predicted octanol–water partition coefficient (Wildman–Crippen LogP) is -7.96. The molecule has 0 bridgehead atoms. The Balaban J connectivity index is 3.24. The Labute approximate surface area is 431 Å². The summed E-state index contributed by atoms with van der Waals surface area (Å²) in [6, 6.07) is -8.12. The summed E-state index contributed by atoms with van der Waals surface area (Å²) in [4.78, 5) is 154. The number of phenols is 1. The first-order valence-electron chi connectivity index (χ1n) is 23.9. The molecule has 0 heterocycles. The van der Waals surface area contributed by atoms with Crippen LogP contribution in [0.15, 0.2) is 24.3 Å². The summed E-state index contributed by atoms with van der Waals surface area (Å²) >= 11 is 0. The number of carbonyl (C=O) groups excluding carboxylic acids is 11. The van der Waals surface area contributed by atoms with Gasteiger partial charge < -0.3 is 96.3 Å². The van der Waals surface area contributed by atoms with E-state index in [0.717, 1.165) is 6.92 Å². The molecule has 0 aliphatic carbocycles. The van der Waals surface area contributed by atoms with Gasteiger partial charge in [0.05, 0.1) is 32.4 Å². The number of aromatic hydroxyl groups is 1. The summed E-state index contributed by atoms with van der Waals surface area (Å²) in [5.41, 5.74) is 23.0. The van der Waals surface area contributed by atoms with Gasteiger partial charge in [-0.15, -0.1) is 0 Å². The van der Waals surface area contributed by atoms with Crippen LogP contribution in [-0.4, -0.2) is 184 Å². The lowest BCUT2D eigenvalue weighted by Gasteiger charge is -2.29. The highest BCUT2D eigenvalue weighted by Gasteiger charge is 2.36. The van der Waals surface area contributed by atoms with E-state index in [1.807, 2.05) is 0 Å². The van der Waals surface area contributed by atoms with Crippen LogP contribution in [0, 0.1) is 5.92 Å². The maximum absolute atomic E-state index is 13.9. The molecule has 10 atom stereocenters. The smallest absolute Gasteiger partial charge is 0.325 e. The van der Waals surface area contributed by atoms with Crippen LogP contribution in [0.25, 0.3) is 0 Å². The number of hydrogen-bond acceptors (Lipinski definition) is 18. The number of aliphatic carboxylic acids is 1. The van der Waals surface area contributed by atoms with Crippen molar-refractivity contribution in [2.75, 3.05) is 32.9 Å². The first-order valence-corrected chi connectivity index (χ1v) is 23.9. The number of aliphatic hydroxyl groups is 3. The van der Waals surface area contributed by atoms with E-state index in [1.165, 1.54) is 19.1 Å². The van der Waals surface area contributed by atoms with Gasteiger partial charge in [0.1, 0.15) is 54.1 Å². The molecule has 30 nitrogen and oxygen atoms in total. The fraction of sp³-hybridized carbons (Fsp3) is 0.600. The van der Waals surface area contributed by atoms with Crippen molar-refractivity contribution >= 4 is 70.9 Å². The third kappa shape index (κ3) is 24.4. The Morgan fingerprint density at radius 1 is 0.547 bits per heavy atom. The minimum absolute atomic E-state index is 0.00328. The summed E-state index contributed by atoms with van der Waals surface area (Å²) in [6.07, 6.45) is -0.755. The molecule has 30 heteroatoms. The number of carboxylic acids is 1. The van der Waals surface area contributed by atoms with Crippen molar-refractivity contribution in [2.45, 2.75) is 133 Å². The van der Waals surface area contributed by atoms with Gasteiger partial charge in [-0.1, -0.05) is 32.4 Å². The van der Waals surface area contributed by atoms with Gasteiger partial charge in [-0.2, -0.15) is 0 Å². The lowest BCUT2D eigenvalue weighted by molar-refractivity contribution is -0.141. The molecule has 1 rings (SSSR count). The Kier molecular flexibility index (Phi) is 29.7. The molecule has 420 valence electrons. The Hall–Kier alpha value is -7.54. The van der Waals surface area contributed by atoms with Crippen LogP contribution < -0.4 is 70.8 Å². The molecule has 1 aromatic rings. The SMILES string of the molecule is CC[C@H](C)[C@H](NC(=O)[C@H](CCC(N)=O)NC(=O)[C@H](CCCCN)NC(=O)[C@@H](N)Cc1ccc(O)cc1)C(=O)N[C@@H](CO)C(=O)N[C@@H](CO)C(=O)N[C@@H](CCC(N)=O)C(=O)N[C@@H](CO)C(=O)NCC(=O)N[C@@H](C)C(=O)O. The third-order valence-electron chi connectivity index (χ3n) is 11.3. The van der Waals surface area contributed by atoms with E-state index in [2.05, 4.69) is 47.9 Å². The van der Waals surface area contributed by atoms with Crippen LogP contribution in [0.3, 0.4) is 0 Å². The molecule has 0 aliphatic rings. The number of nitrogens with one attached hydrogen (secondary N) is 9. The zero-order valence-electron chi connectivity index (χ0n) is 41.9. The standard InChI is InChI=1S/C45H73N13O17/c1-4-22(2)36(58-41(70)29(13-15-34(49)64)53-39(68)27(7-5-6-16-46)52-37(66)26(47)17-24-8-10-25(62)11-9-24)44(73)57-32(21-61)43(72)56-31(20-60)42(71)54-28(12-14-33(48)63)40(69)55-30(19-59)38(67)50-18-35(65)51-23(3)45(74)75/h8-11,22-23,26-32,36,59-62H,4-7,12-21,46-47H2,1-3H3,(H2,48,63)(H2,49,64)(H,50,67)(H,51,65)(H,52,66)(H,53,68)(H,54,71)(H,55,69)(H,56,72)(H,57,73)(H,58,70)(H,74,75)/t22-,23-,26-,27-,28-,29-,30-,31-,32-,36-/m0/s1. The summed E-state index contributed by atoms with van der Waals surface area (Å²) in [5, 5.41) is 69.0. The Morgan fingerprint density at radius 3 is 1.40 bits per heavy atom. The second-order valence-electron chi connectivity index (χ2n) is 17.4. The largest absolute Gasteiger partial charge is 0.508 e. The summed E-state index contributed by atoms with van der Waals surface area (Å²) in [6.45, 7) is 0.479. The van der Waals surface area contributed by atoms with E-state index in [-0.39, 0.29) is 38.0 Å². The number of benzene rings is 1. The van der Waals surface area contributed by atoms with E-state index < -0.39 is 177 Å². The molecule has 0 saturated heterocycles. The van der Waals surface area contributed by atoms with E-state index in [1.54, 1.807) is 19.1 Å². The third-order valence-corrected chi connectivity index (χ3v) is 11.3. The van der Waals surface area contributed by atoms with E-state index >= 15 is 0 Å². The topological polar surface area (TPSA) is 518 Å². The second-order valence-corrected chi connectivity index (χ2v) is 17.4. The molecule has 0 aromatic heterocycles. The number of phenolic OH excluding ortho intramolecular Hbond substituents is 1. The number of carbonyl (C=O) groups is 12. The number of carboxylic acid groups (broad SMARTS) is 1. The number of hydrogen-bond donors (Lipinski definition) is 18. The maximum atomic E-state index is 13.9. The van der Waals surface area contributed by atoms with Crippen molar-refractivity contribution in [1.29, 1.82) is 0 Å². The fourth-order valence-corrected chi connectivity index (χ4v) is 6.66. The van der Waals surface area contributed by atoms with Crippen molar-refractivity contribution in [2.24, 2.45) is 28.9 Å². The maximum Gasteiger partial charge on any atom is 0.325 e. The Bertz CT molecular complexity index is 2130. The number of aliphatic hydroxyl groups excluding tert-OH is 3. The minimum atomic E-state index is -1.92. The number of unbranched alkanes of at least 4 members (excludes halogenated alkanes) is 1. The lowest BCUT2D eigenvalue weighted by atomic mass is 9.97. The highest BCUT2D eigenvalue weighted by Crippen LogP contribution is 2.13. The van der Waals surface area contributed by atoms with Crippen LogP contribution in [-0.2, 0) is 64.0 Å². The normalized spacial score (nSPS) is 14.9. The van der Waals surface area contributed by atoms with E-state index in [9.17, 15) is 78.0 Å². The molecular formula is C45H73N13O17. The number of primary amides is 2. The van der Waals surface area contributed by atoms with Crippen molar-refractivity contribution < 1.29 is 83.1 Å². The lowest BCUT2D eigenvalue weighted by Crippen LogP contribution is -2.62. The molecule has 0 saturated carbocycles. The van der Waals surface area contributed by atoms with Gasteiger partial charge in [0.25, 0.3) is 0 Å². The first kappa shape index (κ1) is 65.5. The van der Waals surface area contributed by atoms with Crippen LogP contribution in [0.2, 0.25) is 0 Å². The summed E-state index contributed by atoms with van der Waals surface area (Å²) < 4.78 is 0. The number of rotatable bonds is 36. The number of amides is 11. The zero-order valence-corrected chi connectivity index (χ0v) is 41.9. The molecular weight excluding hydrogens is 995 g/mol. The van der Waals surface area contributed by atoms with Crippen LogP contribution >= 0.6 is 0 Å². The summed E-state index contributed by atoms with van der Waals surface area (Å²) in [7, 11) is 0. The monoisotopic (exact) mass is 1070 g/mol. The molecule has 0 fully saturated rings. The van der Waals surface area contributed by atoms with E-state index in [0.29, 0.717) is 18.4 Å². The molecule has 0 aliphatic heterocycles. The van der Waals surface area contributed by atoms with Crippen LogP contribution in [0.1, 0.15) is 77.7 Å². The summed E-state index contributed by atoms with van der Waals surface area (Å²) in [5.74, 6) is -13.4. The van der Waals surface area contributed by atoms with Crippen LogP contribution in [0.4, 0.5) is 0 Å². The second kappa shape index (κ2) is 34.0.